The number of aryl methyl sites for hydroxylation is 3. The third-order valence-corrected chi connectivity index (χ3v) is 3.15. The minimum Gasteiger partial charge on any atom is -0.381 e. The van der Waals surface area contributed by atoms with Crippen molar-refractivity contribution in [3.8, 4) is 0 Å². The summed E-state index contributed by atoms with van der Waals surface area (Å²) in [4.78, 5) is 0. The molecule has 1 heteroatoms. The minimum atomic E-state index is 0.882. The number of benzene rings is 2. The Morgan fingerprint density at radius 3 is 1.94 bits per heavy atom. The Labute approximate surface area is 110 Å². The van der Waals surface area contributed by atoms with Crippen molar-refractivity contribution in [2.75, 3.05) is 5.32 Å². The van der Waals surface area contributed by atoms with Gasteiger partial charge in [-0.3, -0.25) is 0 Å². The second-order valence-electron chi connectivity index (χ2n) is 4.90. The van der Waals surface area contributed by atoms with Crippen molar-refractivity contribution in [2.24, 2.45) is 0 Å². The summed E-state index contributed by atoms with van der Waals surface area (Å²) in [5.74, 6) is 0. The summed E-state index contributed by atoms with van der Waals surface area (Å²) in [6.45, 7) is 7.33. The summed E-state index contributed by atoms with van der Waals surface area (Å²) >= 11 is 0. The maximum atomic E-state index is 3.48. The first-order chi connectivity index (χ1) is 8.67. The molecule has 0 heterocycles. The fourth-order valence-corrected chi connectivity index (χ4v) is 2.17. The first-order valence-corrected chi connectivity index (χ1v) is 6.57. The summed E-state index contributed by atoms with van der Waals surface area (Å²) in [7, 11) is 0. The Kier molecular flexibility index (Phi) is 4.03. The molecule has 0 saturated heterocycles. The van der Waals surface area contributed by atoms with Gasteiger partial charge in [0.1, 0.15) is 0 Å². The molecule has 0 radical (unpaired) electrons. The predicted molar refractivity (Wildman–Crippen MR) is 79.1 cm³/mol. The molecule has 0 unspecified atom stereocenters. The Balaban J connectivity index is 2.01. The van der Waals surface area contributed by atoms with Crippen LogP contribution in [-0.4, -0.2) is 0 Å². The van der Waals surface area contributed by atoms with Crippen LogP contribution in [0.25, 0.3) is 0 Å². The minimum absolute atomic E-state index is 0.882. The van der Waals surface area contributed by atoms with Crippen LogP contribution in [0.5, 0.6) is 0 Å². The van der Waals surface area contributed by atoms with Gasteiger partial charge in [-0.1, -0.05) is 37.3 Å². The summed E-state index contributed by atoms with van der Waals surface area (Å²) in [6, 6.07) is 15.4. The van der Waals surface area contributed by atoms with E-state index in [1.807, 2.05) is 0 Å². The van der Waals surface area contributed by atoms with Crippen molar-refractivity contribution in [1.29, 1.82) is 0 Å². The lowest BCUT2D eigenvalue weighted by Gasteiger charge is -2.09. The van der Waals surface area contributed by atoms with Crippen LogP contribution in [0.4, 0.5) is 5.69 Å². The predicted octanol–water partition coefficient (Wildman–Crippen LogP) is 4.48. The Hall–Kier alpha value is -1.76. The highest BCUT2D eigenvalue weighted by Gasteiger charge is 1.97. The molecule has 0 spiro atoms. The monoisotopic (exact) mass is 239 g/mol. The van der Waals surface area contributed by atoms with Crippen molar-refractivity contribution in [2.45, 2.75) is 33.7 Å². The highest BCUT2D eigenvalue weighted by Crippen LogP contribution is 2.15. The van der Waals surface area contributed by atoms with Gasteiger partial charge in [-0.05, 0) is 54.7 Å². The molecule has 0 aromatic heterocycles. The molecule has 0 aliphatic heterocycles. The third-order valence-electron chi connectivity index (χ3n) is 3.15. The van der Waals surface area contributed by atoms with E-state index in [1.54, 1.807) is 0 Å². The van der Waals surface area contributed by atoms with E-state index in [1.165, 1.54) is 27.9 Å². The summed E-state index contributed by atoms with van der Waals surface area (Å²) in [6.07, 6.45) is 1.10. The number of nitrogens with one attached hydrogen (secondary N) is 1. The van der Waals surface area contributed by atoms with Gasteiger partial charge in [-0.2, -0.15) is 0 Å². The van der Waals surface area contributed by atoms with Crippen LogP contribution < -0.4 is 5.32 Å². The van der Waals surface area contributed by atoms with Crippen LogP contribution in [0.15, 0.2) is 42.5 Å². The summed E-state index contributed by atoms with van der Waals surface area (Å²) < 4.78 is 0. The maximum absolute atomic E-state index is 3.48. The lowest BCUT2D eigenvalue weighted by Crippen LogP contribution is -2.00. The molecule has 94 valence electrons. The average molecular weight is 239 g/mol. The molecule has 0 aliphatic carbocycles. The molecule has 0 fully saturated rings. The van der Waals surface area contributed by atoms with Crippen LogP contribution in [-0.2, 0) is 13.0 Å². The second-order valence-corrected chi connectivity index (χ2v) is 4.90. The average Bonchev–Trinajstić information content (AvgIpc) is 2.36. The fourth-order valence-electron chi connectivity index (χ4n) is 2.17. The van der Waals surface area contributed by atoms with Crippen molar-refractivity contribution < 1.29 is 0 Å². The Morgan fingerprint density at radius 1 is 0.833 bits per heavy atom. The fraction of sp³-hybridized carbons (Fsp3) is 0.294. The third kappa shape index (κ3) is 3.36. The van der Waals surface area contributed by atoms with Gasteiger partial charge in [0.05, 0.1) is 0 Å². The molecule has 2 aromatic carbocycles. The molecule has 0 atom stereocenters. The van der Waals surface area contributed by atoms with E-state index in [4.69, 9.17) is 0 Å². The van der Waals surface area contributed by atoms with Gasteiger partial charge in [-0.15, -0.1) is 0 Å². The van der Waals surface area contributed by atoms with Crippen molar-refractivity contribution in [1.82, 2.24) is 0 Å². The van der Waals surface area contributed by atoms with E-state index >= 15 is 0 Å². The molecule has 1 N–H and O–H groups in total. The summed E-state index contributed by atoms with van der Waals surface area (Å²) in [5.41, 5.74) is 6.53. The Bertz CT molecular complexity index is 491. The topological polar surface area (TPSA) is 12.0 Å². The lowest BCUT2D eigenvalue weighted by atomic mass is 10.1. The molecule has 0 bridgehead atoms. The van der Waals surface area contributed by atoms with Crippen molar-refractivity contribution in [3.63, 3.8) is 0 Å². The first-order valence-electron chi connectivity index (χ1n) is 6.57. The quantitative estimate of drug-likeness (QED) is 0.829. The van der Waals surface area contributed by atoms with Crippen molar-refractivity contribution >= 4 is 5.69 Å². The number of hydrogen-bond acceptors (Lipinski definition) is 1. The molecule has 1 nitrogen and oxygen atoms in total. The van der Waals surface area contributed by atoms with Gasteiger partial charge in [0, 0.05) is 12.2 Å². The van der Waals surface area contributed by atoms with E-state index in [0.717, 1.165) is 13.0 Å². The van der Waals surface area contributed by atoms with E-state index in [9.17, 15) is 0 Å². The normalized spacial score (nSPS) is 10.4. The smallest absolute Gasteiger partial charge is 0.0400 e. The molecular formula is C17H21N. The van der Waals surface area contributed by atoms with E-state index in [0.29, 0.717) is 0 Å². The molecule has 0 aliphatic rings. The van der Waals surface area contributed by atoms with Gasteiger partial charge < -0.3 is 5.32 Å². The van der Waals surface area contributed by atoms with Crippen LogP contribution >= 0.6 is 0 Å². The molecular weight excluding hydrogens is 218 g/mol. The standard InChI is InChI=1S/C17H21N/c1-4-15-5-7-16(8-6-15)12-18-17-10-13(2)9-14(3)11-17/h5-11,18H,4,12H2,1-3H3. The molecule has 2 aromatic rings. The highest BCUT2D eigenvalue weighted by molar-refractivity contribution is 5.48. The van der Waals surface area contributed by atoms with Gasteiger partial charge in [0.25, 0.3) is 0 Å². The summed E-state index contributed by atoms with van der Waals surface area (Å²) in [5, 5.41) is 3.48. The molecule has 0 saturated carbocycles. The maximum Gasteiger partial charge on any atom is 0.0400 e. The van der Waals surface area contributed by atoms with Crippen LogP contribution in [0.2, 0.25) is 0 Å². The van der Waals surface area contributed by atoms with Gasteiger partial charge >= 0.3 is 0 Å². The second kappa shape index (κ2) is 5.72. The molecule has 0 amide bonds. The zero-order chi connectivity index (χ0) is 13.0. The molecule has 18 heavy (non-hydrogen) atoms. The van der Waals surface area contributed by atoms with Crippen LogP contribution in [0.3, 0.4) is 0 Å². The van der Waals surface area contributed by atoms with E-state index in [2.05, 4.69) is 68.6 Å². The first kappa shape index (κ1) is 12.7. The van der Waals surface area contributed by atoms with Gasteiger partial charge in [0.2, 0.25) is 0 Å². The van der Waals surface area contributed by atoms with Crippen molar-refractivity contribution in [3.05, 3.63) is 64.7 Å². The van der Waals surface area contributed by atoms with Crippen LogP contribution in [0, 0.1) is 13.8 Å². The van der Waals surface area contributed by atoms with E-state index in [-0.39, 0.29) is 0 Å². The largest absolute Gasteiger partial charge is 0.381 e. The van der Waals surface area contributed by atoms with Gasteiger partial charge in [-0.25, -0.2) is 0 Å². The van der Waals surface area contributed by atoms with Gasteiger partial charge in [0.15, 0.2) is 0 Å². The number of hydrogen-bond donors (Lipinski definition) is 1. The number of anilines is 1. The highest BCUT2D eigenvalue weighted by atomic mass is 14.9. The zero-order valence-corrected chi connectivity index (χ0v) is 11.5. The zero-order valence-electron chi connectivity index (χ0n) is 11.5. The van der Waals surface area contributed by atoms with Crippen LogP contribution in [0.1, 0.15) is 29.2 Å². The molecule has 2 rings (SSSR count). The lowest BCUT2D eigenvalue weighted by molar-refractivity contribution is 1.10. The Morgan fingerprint density at radius 2 is 1.39 bits per heavy atom. The SMILES string of the molecule is CCc1ccc(CNc2cc(C)cc(C)c2)cc1. The van der Waals surface area contributed by atoms with E-state index < -0.39 is 0 Å². The number of rotatable bonds is 4.